The van der Waals surface area contributed by atoms with Crippen molar-refractivity contribution in [1.29, 1.82) is 0 Å². The molecule has 2 heterocycles. The number of halogens is 1. The van der Waals surface area contributed by atoms with E-state index in [9.17, 15) is 9.18 Å². The maximum absolute atomic E-state index is 13.0. The third-order valence-electron chi connectivity index (χ3n) is 3.91. The van der Waals surface area contributed by atoms with E-state index in [-0.39, 0.29) is 11.7 Å². The van der Waals surface area contributed by atoms with Crippen molar-refractivity contribution in [3.63, 3.8) is 0 Å². The average molecular weight is 301 g/mol. The van der Waals surface area contributed by atoms with E-state index in [0.29, 0.717) is 31.9 Å². The fourth-order valence-corrected chi connectivity index (χ4v) is 2.61. The molecule has 1 N–H and O–H groups in total. The fourth-order valence-electron chi connectivity index (χ4n) is 2.61. The van der Waals surface area contributed by atoms with Gasteiger partial charge in [-0.2, -0.15) is 0 Å². The smallest absolute Gasteiger partial charge is 0.306 e. The van der Waals surface area contributed by atoms with Gasteiger partial charge in [-0.3, -0.25) is 4.79 Å². The molecule has 1 saturated heterocycles. The number of piperidine rings is 1. The summed E-state index contributed by atoms with van der Waals surface area (Å²) in [5, 5.41) is 9.03. The predicted molar refractivity (Wildman–Crippen MR) is 80.0 cm³/mol. The normalized spacial score (nSPS) is 15.8. The van der Waals surface area contributed by atoms with Crippen LogP contribution in [0.25, 0.3) is 11.3 Å². The van der Waals surface area contributed by atoms with Crippen LogP contribution < -0.4 is 4.90 Å². The van der Waals surface area contributed by atoms with E-state index >= 15 is 0 Å². The number of carboxylic acid groups (broad SMARTS) is 1. The fraction of sp³-hybridized carbons (Fsp3) is 0.312. The van der Waals surface area contributed by atoms with Crippen LogP contribution in [0.15, 0.2) is 36.5 Å². The third-order valence-corrected chi connectivity index (χ3v) is 3.91. The molecule has 3 rings (SSSR count). The number of nitrogens with zero attached hydrogens (tertiary/aromatic N) is 3. The molecule has 0 bridgehead atoms. The zero-order valence-electron chi connectivity index (χ0n) is 11.9. The van der Waals surface area contributed by atoms with E-state index in [0.717, 1.165) is 11.3 Å². The molecule has 114 valence electrons. The van der Waals surface area contributed by atoms with Gasteiger partial charge in [-0.25, -0.2) is 14.4 Å². The lowest BCUT2D eigenvalue weighted by molar-refractivity contribution is -0.142. The lowest BCUT2D eigenvalue weighted by Crippen LogP contribution is -2.37. The highest BCUT2D eigenvalue weighted by molar-refractivity contribution is 5.70. The van der Waals surface area contributed by atoms with Gasteiger partial charge in [0.1, 0.15) is 5.82 Å². The summed E-state index contributed by atoms with van der Waals surface area (Å²) < 4.78 is 13.0. The number of hydrogen-bond donors (Lipinski definition) is 1. The topological polar surface area (TPSA) is 66.3 Å². The van der Waals surface area contributed by atoms with Crippen molar-refractivity contribution in [3.8, 4) is 11.3 Å². The number of rotatable bonds is 3. The molecule has 0 radical (unpaired) electrons. The molecule has 0 saturated carbocycles. The van der Waals surface area contributed by atoms with Crippen molar-refractivity contribution < 1.29 is 14.3 Å². The molecule has 1 aliphatic heterocycles. The summed E-state index contributed by atoms with van der Waals surface area (Å²) in [6, 6.07) is 7.93. The molecule has 1 aromatic heterocycles. The molecule has 0 unspecified atom stereocenters. The summed E-state index contributed by atoms with van der Waals surface area (Å²) in [5.74, 6) is -0.711. The second kappa shape index (κ2) is 6.09. The Bertz CT molecular complexity index is 667. The van der Waals surface area contributed by atoms with E-state index < -0.39 is 5.97 Å². The van der Waals surface area contributed by atoms with Crippen molar-refractivity contribution >= 4 is 11.9 Å². The van der Waals surface area contributed by atoms with Crippen LogP contribution >= 0.6 is 0 Å². The Balaban J connectivity index is 1.77. The van der Waals surface area contributed by atoms with Crippen molar-refractivity contribution in [2.45, 2.75) is 12.8 Å². The molecule has 0 aliphatic carbocycles. The molecular weight excluding hydrogens is 285 g/mol. The summed E-state index contributed by atoms with van der Waals surface area (Å²) in [5.41, 5.74) is 1.55. The maximum Gasteiger partial charge on any atom is 0.306 e. The number of benzene rings is 1. The highest BCUT2D eigenvalue weighted by atomic mass is 19.1. The Morgan fingerprint density at radius 1 is 1.18 bits per heavy atom. The number of anilines is 1. The van der Waals surface area contributed by atoms with Gasteiger partial charge in [-0.05, 0) is 43.2 Å². The van der Waals surface area contributed by atoms with Gasteiger partial charge >= 0.3 is 5.97 Å². The number of aromatic nitrogens is 2. The van der Waals surface area contributed by atoms with Crippen LogP contribution in [-0.4, -0.2) is 34.1 Å². The molecule has 1 aliphatic rings. The zero-order valence-corrected chi connectivity index (χ0v) is 11.9. The molecule has 5 nitrogen and oxygen atoms in total. The SMILES string of the molecule is O=C(O)C1CCN(c2nccc(-c3ccc(F)cc3)n2)CC1. The molecule has 0 atom stereocenters. The van der Waals surface area contributed by atoms with Crippen molar-refractivity contribution in [2.75, 3.05) is 18.0 Å². The predicted octanol–water partition coefficient (Wildman–Crippen LogP) is 2.58. The summed E-state index contributed by atoms with van der Waals surface area (Å²) in [6.07, 6.45) is 2.86. The molecule has 0 spiro atoms. The first-order valence-corrected chi connectivity index (χ1v) is 7.20. The van der Waals surface area contributed by atoms with E-state index in [4.69, 9.17) is 5.11 Å². The van der Waals surface area contributed by atoms with Gasteiger partial charge in [0.15, 0.2) is 0 Å². The number of hydrogen-bond acceptors (Lipinski definition) is 4. The lowest BCUT2D eigenvalue weighted by atomic mass is 9.97. The Kier molecular flexibility index (Phi) is 4.00. The average Bonchev–Trinajstić information content (AvgIpc) is 2.56. The van der Waals surface area contributed by atoms with E-state index in [1.165, 1.54) is 12.1 Å². The lowest BCUT2D eigenvalue weighted by Gasteiger charge is -2.30. The minimum atomic E-state index is -0.736. The van der Waals surface area contributed by atoms with Gasteiger partial charge < -0.3 is 10.0 Å². The largest absolute Gasteiger partial charge is 0.481 e. The molecular formula is C16H16FN3O2. The monoisotopic (exact) mass is 301 g/mol. The van der Waals surface area contributed by atoms with Crippen LogP contribution in [0.4, 0.5) is 10.3 Å². The summed E-state index contributed by atoms with van der Waals surface area (Å²) in [7, 11) is 0. The molecule has 22 heavy (non-hydrogen) atoms. The molecule has 6 heteroatoms. The van der Waals surface area contributed by atoms with Crippen LogP contribution in [0.5, 0.6) is 0 Å². The maximum atomic E-state index is 13.0. The van der Waals surface area contributed by atoms with Crippen molar-refractivity contribution in [3.05, 3.63) is 42.3 Å². The van der Waals surface area contributed by atoms with Crippen molar-refractivity contribution in [1.82, 2.24) is 9.97 Å². The highest BCUT2D eigenvalue weighted by Crippen LogP contribution is 2.23. The van der Waals surface area contributed by atoms with E-state index in [1.807, 2.05) is 4.90 Å². The van der Waals surface area contributed by atoms with Gasteiger partial charge in [0.25, 0.3) is 0 Å². The summed E-state index contributed by atoms with van der Waals surface area (Å²) >= 11 is 0. The van der Waals surface area contributed by atoms with Gasteiger partial charge in [0.05, 0.1) is 11.6 Å². The highest BCUT2D eigenvalue weighted by Gasteiger charge is 2.25. The van der Waals surface area contributed by atoms with Crippen molar-refractivity contribution in [2.24, 2.45) is 5.92 Å². The van der Waals surface area contributed by atoms with Gasteiger partial charge in [0, 0.05) is 24.8 Å². The van der Waals surface area contributed by atoms with Gasteiger partial charge in [-0.15, -0.1) is 0 Å². The minimum Gasteiger partial charge on any atom is -0.481 e. The molecule has 2 aromatic rings. The Morgan fingerprint density at radius 3 is 2.50 bits per heavy atom. The van der Waals surface area contributed by atoms with Gasteiger partial charge in [0.2, 0.25) is 5.95 Å². The Morgan fingerprint density at radius 2 is 1.86 bits per heavy atom. The van der Waals surface area contributed by atoms with E-state index in [1.54, 1.807) is 24.4 Å². The van der Waals surface area contributed by atoms with Crippen LogP contribution in [0.2, 0.25) is 0 Å². The first-order valence-electron chi connectivity index (χ1n) is 7.20. The quantitative estimate of drug-likeness (QED) is 0.944. The van der Waals surface area contributed by atoms with Crippen LogP contribution in [-0.2, 0) is 4.79 Å². The van der Waals surface area contributed by atoms with E-state index in [2.05, 4.69) is 9.97 Å². The molecule has 1 fully saturated rings. The second-order valence-corrected chi connectivity index (χ2v) is 5.35. The number of carboxylic acids is 1. The molecule has 0 amide bonds. The Labute approximate surface area is 127 Å². The third kappa shape index (κ3) is 3.05. The summed E-state index contributed by atoms with van der Waals surface area (Å²) in [6.45, 7) is 1.26. The first kappa shape index (κ1) is 14.4. The molecule has 1 aromatic carbocycles. The Hall–Kier alpha value is -2.50. The first-order chi connectivity index (χ1) is 10.6. The number of aliphatic carboxylic acids is 1. The number of carbonyl (C=O) groups is 1. The minimum absolute atomic E-state index is 0.281. The second-order valence-electron chi connectivity index (χ2n) is 5.35. The van der Waals surface area contributed by atoms with Crippen LogP contribution in [0, 0.1) is 11.7 Å². The van der Waals surface area contributed by atoms with Crippen LogP contribution in [0.3, 0.4) is 0 Å². The standard InChI is InChI=1S/C16H16FN3O2/c17-13-3-1-11(2-4-13)14-5-8-18-16(19-14)20-9-6-12(7-10-20)15(21)22/h1-5,8,12H,6-7,9-10H2,(H,21,22). The zero-order chi connectivity index (χ0) is 15.5. The van der Waals surface area contributed by atoms with Crippen LogP contribution in [0.1, 0.15) is 12.8 Å². The summed E-state index contributed by atoms with van der Waals surface area (Å²) in [4.78, 5) is 21.8. The van der Waals surface area contributed by atoms with Gasteiger partial charge in [-0.1, -0.05) is 0 Å².